The molecule has 9 nitrogen and oxygen atoms in total. The van der Waals surface area contributed by atoms with Gasteiger partial charge in [-0.1, -0.05) is 6.58 Å². The molecule has 22 heavy (non-hydrogen) atoms. The molecular weight excluding hydrogens is 294 g/mol. The van der Waals surface area contributed by atoms with E-state index in [2.05, 4.69) is 16.9 Å². The zero-order valence-electron chi connectivity index (χ0n) is 11.9. The summed E-state index contributed by atoms with van der Waals surface area (Å²) >= 11 is 0. The molecule has 4 N–H and O–H groups in total. The van der Waals surface area contributed by atoms with E-state index in [-0.39, 0.29) is 12.0 Å². The number of nitrogens with zero attached hydrogens (tertiary/aromatic N) is 1. The smallest absolute Gasteiger partial charge is 0.332 e. The average molecular weight is 311 g/mol. The number of aromatic nitrogens is 2. The lowest BCUT2D eigenvalue weighted by atomic mass is 10.1. The summed E-state index contributed by atoms with van der Waals surface area (Å²) in [4.78, 5) is 37.3. The molecule has 1 fully saturated rings. The molecule has 0 saturated carbocycles. The molecule has 120 valence electrons. The molecule has 3 atom stereocenters. The van der Waals surface area contributed by atoms with Gasteiger partial charge >= 0.3 is 5.69 Å². The van der Waals surface area contributed by atoms with Gasteiger partial charge in [0, 0.05) is 18.2 Å². The summed E-state index contributed by atoms with van der Waals surface area (Å²) in [6.07, 6.45) is -0.0633. The third-order valence-electron chi connectivity index (χ3n) is 3.45. The molecule has 0 radical (unpaired) electrons. The normalized spacial score (nSPS) is 27.6. The summed E-state index contributed by atoms with van der Waals surface area (Å²) in [6, 6.07) is 0. The van der Waals surface area contributed by atoms with Crippen LogP contribution in [0.3, 0.4) is 0 Å². The highest BCUT2D eigenvalue weighted by molar-refractivity contribution is 5.87. The number of aromatic amines is 1. The van der Waals surface area contributed by atoms with Crippen LogP contribution in [0.4, 0.5) is 0 Å². The first kappa shape index (κ1) is 16.1. The van der Waals surface area contributed by atoms with Gasteiger partial charge in [0.1, 0.15) is 6.10 Å². The maximum Gasteiger partial charge on any atom is 0.332 e. The Morgan fingerprint density at radius 2 is 2.36 bits per heavy atom. The molecule has 1 aliphatic rings. The van der Waals surface area contributed by atoms with Gasteiger partial charge in [0.25, 0.3) is 5.56 Å². The number of aliphatic hydroxyl groups is 2. The van der Waals surface area contributed by atoms with E-state index in [9.17, 15) is 24.6 Å². The molecule has 1 amide bonds. The van der Waals surface area contributed by atoms with Gasteiger partial charge in [0.2, 0.25) is 11.8 Å². The predicted octanol–water partition coefficient (Wildman–Crippen LogP) is -2.10. The van der Waals surface area contributed by atoms with Gasteiger partial charge in [-0.25, -0.2) is 4.79 Å². The lowest BCUT2D eigenvalue weighted by molar-refractivity contribution is -0.154. The molecule has 9 heteroatoms. The third kappa shape index (κ3) is 2.73. The van der Waals surface area contributed by atoms with Crippen LogP contribution in [0, 0.1) is 6.92 Å². The molecule has 0 bridgehead atoms. The van der Waals surface area contributed by atoms with E-state index >= 15 is 0 Å². The van der Waals surface area contributed by atoms with Crippen molar-refractivity contribution in [1.29, 1.82) is 0 Å². The molecule has 1 saturated heterocycles. The number of carbonyl (C=O) groups is 1. The first-order valence-corrected chi connectivity index (χ1v) is 6.57. The minimum atomic E-state index is -1.72. The van der Waals surface area contributed by atoms with Gasteiger partial charge in [0.05, 0.1) is 12.7 Å². The fourth-order valence-corrected chi connectivity index (χ4v) is 2.33. The quantitative estimate of drug-likeness (QED) is 0.471. The van der Waals surface area contributed by atoms with Crippen molar-refractivity contribution in [3.8, 4) is 0 Å². The zero-order valence-corrected chi connectivity index (χ0v) is 11.9. The van der Waals surface area contributed by atoms with Crippen LogP contribution >= 0.6 is 0 Å². The van der Waals surface area contributed by atoms with Crippen molar-refractivity contribution in [3.63, 3.8) is 0 Å². The van der Waals surface area contributed by atoms with E-state index in [1.807, 2.05) is 0 Å². The first-order valence-electron chi connectivity index (χ1n) is 6.57. The Morgan fingerprint density at radius 1 is 1.68 bits per heavy atom. The summed E-state index contributed by atoms with van der Waals surface area (Å²) in [5, 5.41) is 21.6. The molecule has 0 spiro atoms. The number of amides is 1. The maximum absolute atomic E-state index is 12.1. The van der Waals surface area contributed by atoms with Gasteiger partial charge in [-0.3, -0.25) is 19.1 Å². The van der Waals surface area contributed by atoms with Crippen molar-refractivity contribution in [1.82, 2.24) is 14.9 Å². The van der Waals surface area contributed by atoms with Crippen LogP contribution in [0.15, 0.2) is 28.4 Å². The second-order valence-corrected chi connectivity index (χ2v) is 5.03. The van der Waals surface area contributed by atoms with E-state index in [0.29, 0.717) is 0 Å². The lowest BCUT2D eigenvalue weighted by Crippen LogP contribution is -2.55. The van der Waals surface area contributed by atoms with Crippen molar-refractivity contribution in [2.24, 2.45) is 0 Å². The van der Waals surface area contributed by atoms with Crippen LogP contribution in [-0.2, 0) is 15.4 Å². The number of ether oxygens (including phenoxy) is 1. The van der Waals surface area contributed by atoms with E-state index < -0.39 is 41.8 Å². The van der Waals surface area contributed by atoms with E-state index in [1.54, 1.807) is 0 Å². The number of H-pyrrole nitrogens is 1. The van der Waals surface area contributed by atoms with Crippen LogP contribution in [0.5, 0.6) is 0 Å². The Morgan fingerprint density at radius 3 is 2.91 bits per heavy atom. The molecule has 2 heterocycles. The van der Waals surface area contributed by atoms with Crippen LogP contribution in [0.25, 0.3) is 0 Å². The Labute approximate surface area is 124 Å². The van der Waals surface area contributed by atoms with Gasteiger partial charge < -0.3 is 20.3 Å². The van der Waals surface area contributed by atoms with Gasteiger partial charge in [0.15, 0.2) is 0 Å². The summed E-state index contributed by atoms with van der Waals surface area (Å²) in [7, 11) is 0. The highest BCUT2D eigenvalue weighted by Crippen LogP contribution is 2.31. The third-order valence-corrected chi connectivity index (χ3v) is 3.45. The van der Waals surface area contributed by atoms with Crippen LogP contribution in [0.2, 0.25) is 0 Å². The molecule has 0 aliphatic carbocycles. The van der Waals surface area contributed by atoms with Gasteiger partial charge in [-0.05, 0) is 13.0 Å². The summed E-state index contributed by atoms with van der Waals surface area (Å²) in [6.45, 7) is 4.30. The number of aliphatic hydroxyl groups excluding tert-OH is 2. The summed E-state index contributed by atoms with van der Waals surface area (Å²) in [5.74, 6) is -2.36. The topological polar surface area (TPSA) is 134 Å². The number of nitrogens with one attached hydrogen (secondary N) is 2. The molecule has 0 aromatic carbocycles. The first-order chi connectivity index (χ1) is 10.3. The van der Waals surface area contributed by atoms with Crippen LogP contribution < -0.4 is 16.6 Å². The highest BCUT2D eigenvalue weighted by atomic mass is 16.6. The molecule has 1 aromatic rings. The minimum absolute atomic E-state index is 0.177. The van der Waals surface area contributed by atoms with Crippen molar-refractivity contribution in [3.05, 3.63) is 45.3 Å². The van der Waals surface area contributed by atoms with Crippen molar-refractivity contribution >= 4 is 5.91 Å². The molecular formula is C13H17N3O6. The number of hydrogen-bond donors (Lipinski definition) is 4. The van der Waals surface area contributed by atoms with Crippen LogP contribution in [0.1, 0.15) is 12.0 Å². The molecule has 0 unspecified atom stereocenters. The fourth-order valence-electron chi connectivity index (χ4n) is 2.33. The second-order valence-electron chi connectivity index (χ2n) is 5.03. The highest BCUT2D eigenvalue weighted by Gasteiger charge is 2.49. The van der Waals surface area contributed by atoms with Crippen LogP contribution in [-0.4, -0.2) is 44.5 Å². The van der Waals surface area contributed by atoms with E-state index in [4.69, 9.17) is 4.74 Å². The van der Waals surface area contributed by atoms with E-state index in [0.717, 1.165) is 10.6 Å². The standard InChI is InChI=1S/C13H17N3O6/c1-3-10(19)15-13(4-8(18)9(6-17)22-13)16-5-7(2)11(20)14-12(16)21/h3,5,8-9,17-18H,1,4,6H2,2H3,(H,15,19)(H,14,20,21)/t8-,9+,13-/m0/s1. The summed E-state index contributed by atoms with van der Waals surface area (Å²) in [5.41, 5.74) is -1.16. The largest absolute Gasteiger partial charge is 0.394 e. The molecule has 2 rings (SSSR count). The molecule has 1 aliphatic heterocycles. The SMILES string of the molecule is C=CC(=O)N[C@]1(n2cc(C)c(=O)[nH]c2=O)C[C@H](O)[C@@H](CO)O1. The van der Waals surface area contributed by atoms with Gasteiger partial charge in [-0.2, -0.15) is 0 Å². The Kier molecular flexibility index (Phi) is 4.31. The lowest BCUT2D eigenvalue weighted by Gasteiger charge is -2.31. The number of carbonyl (C=O) groups excluding carboxylic acids is 1. The minimum Gasteiger partial charge on any atom is -0.394 e. The van der Waals surface area contributed by atoms with Crippen molar-refractivity contribution in [2.45, 2.75) is 31.4 Å². The summed E-state index contributed by atoms with van der Waals surface area (Å²) < 4.78 is 6.48. The van der Waals surface area contributed by atoms with Gasteiger partial charge in [-0.15, -0.1) is 0 Å². The fraction of sp³-hybridized carbons (Fsp3) is 0.462. The van der Waals surface area contributed by atoms with Crippen molar-refractivity contribution < 1.29 is 19.7 Å². The zero-order chi connectivity index (χ0) is 16.5. The Balaban J connectivity index is 2.57. The molecule has 1 aromatic heterocycles. The second kappa shape index (κ2) is 5.87. The predicted molar refractivity (Wildman–Crippen MR) is 75.0 cm³/mol. The van der Waals surface area contributed by atoms with Crippen molar-refractivity contribution in [2.75, 3.05) is 6.61 Å². The average Bonchev–Trinajstić information content (AvgIpc) is 2.79. The number of aryl methyl sites for hydroxylation is 1. The monoisotopic (exact) mass is 311 g/mol. The Bertz CT molecular complexity index is 708. The number of rotatable bonds is 4. The van der Waals surface area contributed by atoms with E-state index in [1.165, 1.54) is 13.1 Å². The maximum atomic E-state index is 12.1. The number of hydrogen-bond acceptors (Lipinski definition) is 6. The Hall–Kier alpha value is -2.23.